The first-order chi connectivity index (χ1) is 12.0. The average Bonchev–Trinajstić information content (AvgIpc) is 3.32. The Hall–Kier alpha value is -2.32. The number of anilines is 1. The number of benzene rings is 1. The number of aliphatic hydroxyl groups is 1. The first-order valence-electron chi connectivity index (χ1n) is 8.04. The number of aliphatic hydroxyl groups excluding tert-OH is 1. The molecule has 0 unspecified atom stereocenters. The van der Waals surface area contributed by atoms with Gasteiger partial charge < -0.3 is 14.4 Å². The van der Waals surface area contributed by atoms with Crippen molar-refractivity contribution in [1.29, 1.82) is 0 Å². The van der Waals surface area contributed by atoms with E-state index in [9.17, 15) is 18.3 Å². The Bertz CT molecular complexity index is 881. The Labute approximate surface area is 145 Å². The molecule has 1 spiro atoms. The zero-order valence-electron chi connectivity index (χ0n) is 13.4. The lowest BCUT2D eigenvalue weighted by atomic mass is 10.0. The normalized spacial score (nSPS) is 28.0. The SMILES string of the molecule is O=C(c1ccco1)N1CC[C@@]2(C1)[C@H](O)CN(c1ccccc1)S2(=O)=O. The molecule has 2 aromatic rings. The third kappa shape index (κ3) is 2.28. The quantitative estimate of drug-likeness (QED) is 0.863. The van der Waals surface area contributed by atoms with Crippen molar-refractivity contribution >= 4 is 21.6 Å². The molecule has 2 aliphatic heterocycles. The van der Waals surface area contributed by atoms with Crippen LogP contribution in [-0.4, -0.2) is 54.8 Å². The van der Waals surface area contributed by atoms with Crippen molar-refractivity contribution in [3.8, 4) is 0 Å². The van der Waals surface area contributed by atoms with Crippen LogP contribution in [0.2, 0.25) is 0 Å². The molecule has 2 aliphatic rings. The van der Waals surface area contributed by atoms with Crippen LogP contribution in [-0.2, 0) is 10.0 Å². The zero-order chi connectivity index (χ0) is 17.7. The Morgan fingerprint density at radius 3 is 2.64 bits per heavy atom. The maximum absolute atomic E-state index is 13.2. The molecule has 8 heteroatoms. The van der Waals surface area contributed by atoms with Crippen LogP contribution in [0.5, 0.6) is 0 Å². The molecule has 0 aliphatic carbocycles. The van der Waals surface area contributed by atoms with Gasteiger partial charge in [-0.1, -0.05) is 18.2 Å². The van der Waals surface area contributed by atoms with Crippen molar-refractivity contribution in [1.82, 2.24) is 4.90 Å². The third-order valence-electron chi connectivity index (χ3n) is 5.08. The van der Waals surface area contributed by atoms with E-state index < -0.39 is 20.9 Å². The number of rotatable bonds is 2. The fraction of sp³-hybridized carbons (Fsp3) is 0.353. The van der Waals surface area contributed by atoms with E-state index >= 15 is 0 Å². The third-order valence-corrected chi connectivity index (χ3v) is 7.65. The van der Waals surface area contributed by atoms with Gasteiger partial charge in [0.2, 0.25) is 10.0 Å². The summed E-state index contributed by atoms with van der Waals surface area (Å²) in [6.45, 7) is 0.215. The monoisotopic (exact) mass is 362 g/mol. The highest BCUT2D eigenvalue weighted by Crippen LogP contribution is 2.43. The van der Waals surface area contributed by atoms with E-state index in [2.05, 4.69) is 0 Å². The fourth-order valence-corrected chi connectivity index (χ4v) is 5.93. The molecule has 0 radical (unpaired) electrons. The van der Waals surface area contributed by atoms with Crippen LogP contribution < -0.4 is 4.31 Å². The molecule has 132 valence electrons. The molecule has 2 saturated heterocycles. The first-order valence-corrected chi connectivity index (χ1v) is 9.48. The van der Waals surface area contributed by atoms with Gasteiger partial charge in [0.15, 0.2) is 5.76 Å². The molecule has 1 aromatic carbocycles. The number of carbonyl (C=O) groups excluding carboxylic acids is 1. The molecule has 7 nitrogen and oxygen atoms in total. The number of furan rings is 1. The highest BCUT2D eigenvalue weighted by atomic mass is 32.2. The molecule has 2 fully saturated rings. The zero-order valence-corrected chi connectivity index (χ0v) is 14.2. The van der Waals surface area contributed by atoms with Gasteiger partial charge in [0.25, 0.3) is 5.91 Å². The van der Waals surface area contributed by atoms with Gasteiger partial charge in [-0.05, 0) is 30.7 Å². The van der Waals surface area contributed by atoms with Gasteiger partial charge in [0.05, 0.1) is 24.6 Å². The minimum Gasteiger partial charge on any atom is -0.459 e. The predicted octanol–water partition coefficient (Wildman–Crippen LogP) is 1.08. The summed E-state index contributed by atoms with van der Waals surface area (Å²) in [5.74, 6) is -0.190. The Balaban J connectivity index is 1.65. The average molecular weight is 362 g/mol. The molecule has 0 bridgehead atoms. The van der Waals surface area contributed by atoms with Crippen LogP contribution in [0.25, 0.3) is 0 Å². The van der Waals surface area contributed by atoms with Gasteiger partial charge in [-0.2, -0.15) is 0 Å². The first kappa shape index (κ1) is 16.2. The summed E-state index contributed by atoms with van der Waals surface area (Å²) in [5, 5.41) is 10.6. The highest BCUT2D eigenvalue weighted by molar-refractivity contribution is 7.94. The molecule has 2 atom stereocenters. The topological polar surface area (TPSA) is 91.1 Å². The number of amides is 1. The minimum atomic E-state index is -3.81. The molecular weight excluding hydrogens is 344 g/mol. The minimum absolute atomic E-state index is 0.00483. The van der Waals surface area contributed by atoms with Gasteiger partial charge >= 0.3 is 0 Å². The van der Waals surface area contributed by atoms with Gasteiger partial charge in [-0.3, -0.25) is 9.10 Å². The molecule has 1 N–H and O–H groups in total. The molecule has 25 heavy (non-hydrogen) atoms. The number of hydrogen-bond donors (Lipinski definition) is 1. The molecule has 1 aromatic heterocycles. The summed E-state index contributed by atoms with van der Waals surface area (Å²) < 4.78 is 31.4. The second-order valence-corrected chi connectivity index (χ2v) is 8.61. The van der Waals surface area contributed by atoms with Crippen LogP contribution in [0, 0.1) is 0 Å². The number of para-hydroxylation sites is 1. The maximum atomic E-state index is 13.2. The van der Waals surface area contributed by atoms with Crippen molar-refractivity contribution in [2.75, 3.05) is 23.9 Å². The molecule has 1 amide bonds. The van der Waals surface area contributed by atoms with Gasteiger partial charge in [0.1, 0.15) is 4.75 Å². The predicted molar refractivity (Wildman–Crippen MR) is 90.7 cm³/mol. The Kier molecular flexibility index (Phi) is 3.62. The summed E-state index contributed by atoms with van der Waals surface area (Å²) in [6.07, 6.45) is 0.538. The lowest BCUT2D eigenvalue weighted by Gasteiger charge is -2.26. The van der Waals surface area contributed by atoms with Crippen LogP contribution in [0.1, 0.15) is 17.0 Å². The van der Waals surface area contributed by atoms with Crippen LogP contribution >= 0.6 is 0 Å². The summed E-state index contributed by atoms with van der Waals surface area (Å²) in [4.78, 5) is 13.9. The molecule has 0 saturated carbocycles. The smallest absolute Gasteiger partial charge is 0.289 e. The number of nitrogens with zero attached hydrogens (tertiary/aromatic N) is 2. The van der Waals surface area contributed by atoms with Crippen LogP contribution in [0.4, 0.5) is 5.69 Å². The van der Waals surface area contributed by atoms with Gasteiger partial charge in [-0.25, -0.2) is 8.42 Å². The van der Waals surface area contributed by atoms with Gasteiger partial charge in [0, 0.05) is 13.1 Å². The Morgan fingerprint density at radius 1 is 1.20 bits per heavy atom. The number of β-amino-alcohol motifs (C(OH)–C–C–N with tert-alkyl or cyclic N) is 1. The summed E-state index contributed by atoms with van der Waals surface area (Å²) >= 11 is 0. The number of sulfonamides is 1. The second-order valence-electron chi connectivity index (χ2n) is 6.41. The largest absolute Gasteiger partial charge is 0.459 e. The van der Waals surface area contributed by atoms with E-state index in [1.54, 1.807) is 42.5 Å². The van der Waals surface area contributed by atoms with Crippen molar-refractivity contribution in [2.24, 2.45) is 0 Å². The fourth-order valence-electron chi connectivity index (χ4n) is 3.67. The van der Waals surface area contributed by atoms with Crippen LogP contribution in [0.3, 0.4) is 0 Å². The lowest BCUT2D eigenvalue weighted by Crippen LogP contribution is -2.48. The maximum Gasteiger partial charge on any atom is 0.289 e. The Morgan fingerprint density at radius 2 is 1.96 bits per heavy atom. The van der Waals surface area contributed by atoms with Crippen LogP contribution in [0.15, 0.2) is 53.1 Å². The van der Waals surface area contributed by atoms with Crippen molar-refractivity contribution in [3.05, 3.63) is 54.5 Å². The summed E-state index contributed by atoms with van der Waals surface area (Å²) in [7, 11) is -3.81. The van der Waals surface area contributed by atoms with E-state index in [1.165, 1.54) is 15.5 Å². The van der Waals surface area contributed by atoms with E-state index in [0.717, 1.165) is 0 Å². The van der Waals surface area contributed by atoms with Crippen molar-refractivity contribution < 1.29 is 22.7 Å². The van der Waals surface area contributed by atoms with E-state index in [0.29, 0.717) is 5.69 Å². The molecular formula is C17H18N2O5S. The van der Waals surface area contributed by atoms with Crippen molar-refractivity contribution in [2.45, 2.75) is 17.3 Å². The lowest BCUT2D eigenvalue weighted by molar-refractivity contribution is 0.0742. The second kappa shape index (κ2) is 5.60. The number of carbonyl (C=O) groups is 1. The van der Waals surface area contributed by atoms with Gasteiger partial charge in [-0.15, -0.1) is 0 Å². The number of hydrogen-bond acceptors (Lipinski definition) is 5. The summed E-state index contributed by atoms with van der Waals surface area (Å²) in [6, 6.07) is 11.9. The molecule has 3 heterocycles. The van der Waals surface area contributed by atoms with E-state index in [-0.39, 0.29) is 37.7 Å². The highest BCUT2D eigenvalue weighted by Gasteiger charge is 2.62. The molecule has 4 rings (SSSR count). The number of likely N-dealkylation sites (tertiary alicyclic amines) is 1. The summed E-state index contributed by atoms with van der Waals surface area (Å²) in [5.41, 5.74) is 0.522. The van der Waals surface area contributed by atoms with E-state index in [4.69, 9.17) is 4.42 Å². The standard InChI is InChI=1S/C17H18N2O5S/c20-15-11-19(13-5-2-1-3-6-13)25(22,23)17(15)8-9-18(12-17)16(21)14-7-4-10-24-14/h1-7,10,15,20H,8-9,11-12H2/t15-,17-/m1/s1. The van der Waals surface area contributed by atoms with Crippen molar-refractivity contribution in [3.63, 3.8) is 0 Å². The van der Waals surface area contributed by atoms with E-state index in [1.807, 2.05) is 0 Å².